The third-order valence-corrected chi connectivity index (χ3v) is 2.66. The van der Waals surface area contributed by atoms with E-state index in [0.29, 0.717) is 4.47 Å². The highest BCUT2D eigenvalue weighted by molar-refractivity contribution is 9.10. The quantitative estimate of drug-likeness (QED) is 0.864. The minimum absolute atomic E-state index is 0.0861. The van der Waals surface area contributed by atoms with Crippen molar-refractivity contribution in [1.29, 1.82) is 5.26 Å². The number of halogens is 5. The van der Waals surface area contributed by atoms with Gasteiger partial charge in [-0.15, -0.1) is 0 Å². The molecule has 0 heterocycles. The van der Waals surface area contributed by atoms with Crippen LogP contribution < -0.4 is 5.32 Å². The smallest absolute Gasteiger partial charge is 0.380 e. The van der Waals surface area contributed by atoms with E-state index in [4.69, 9.17) is 5.26 Å². The fraction of sp³-hybridized carbons (Fsp3) is 0.300. The molecule has 0 bridgehead atoms. The summed E-state index contributed by atoms with van der Waals surface area (Å²) in [5, 5.41) is 10.6. The van der Waals surface area contributed by atoms with Gasteiger partial charge in [-0.3, -0.25) is 0 Å². The molecule has 0 fully saturated rings. The van der Waals surface area contributed by atoms with Crippen molar-refractivity contribution in [3.05, 3.63) is 28.5 Å². The van der Waals surface area contributed by atoms with E-state index in [9.17, 15) is 17.6 Å². The Balaban J connectivity index is 2.78. The standard InChI is InChI=1S/C10H7BrF4N2/c11-7-2-1-3-8(12)9(7)17-5-6(4-16)10(13,14)15/h1-3,6,17H,5H2. The fourth-order valence-corrected chi connectivity index (χ4v) is 1.59. The Labute approximate surface area is 103 Å². The number of para-hydroxylation sites is 1. The molecule has 1 aromatic rings. The molecule has 92 valence electrons. The Morgan fingerprint density at radius 1 is 1.41 bits per heavy atom. The molecule has 0 saturated carbocycles. The SMILES string of the molecule is N#CC(CNc1c(F)cccc1Br)C(F)(F)F. The number of anilines is 1. The predicted molar refractivity (Wildman–Crippen MR) is 57.7 cm³/mol. The van der Waals surface area contributed by atoms with Gasteiger partial charge in [0.1, 0.15) is 5.82 Å². The van der Waals surface area contributed by atoms with Crippen molar-refractivity contribution in [2.45, 2.75) is 6.18 Å². The van der Waals surface area contributed by atoms with Crippen molar-refractivity contribution in [1.82, 2.24) is 0 Å². The number of nitrogens with zero attached hydrogens (tertiary/aromatic N) is 1. The molecular formula is C10H7BrF4N2. The van der Waals surface area contributed by atoms with E-state index < -0.39 is 24.5 Å². The van der Waals surface area contributed by atoms with E-state index in [1.54, 1.807) is 0 Å². The summed E-state index contributed by atoms with van der Waals surface area (Å²) >= 11 is 3.00. The average molecular weight is 311 g/mol. The maximum atomic E-state index is 13.2. The maximum absolute atomic E-state index is 13.2. The zero-order valence-corrected chi connectivity index (χ0v) is 9.94. The second-order valence-electron chi connectivity index (χ2n) is 3.20. The number of hydrogen-bond acceptors (Lipinski definition) is 2. The highest BCUT2D eigenvalue weighted by atomic mass is 79.9. The second kappa shape index (κ2) is 5.36. The summed E-state index contributed by atoms with van der Waals surface area (Å²) in [6.07, 6.45) is -4.63. The lowest BCUT2D eigenvalue weighted by Gasteiger charge is -2.15. The Morgan fingerprint density at radius 2 is 2.06 bits per heavy atom. The van der Waals surface area contributed by atoms with Gasteiger partial charge in [0.2, 0.25) is 0 Å². The van der Waals surface area contributed by atoms with Crippen molar-refractivity contribution in [2.75, 3.05) is 11.9 Å². The molecule has 1 rings (SSSR count). The van der Waals surface area contributed by atoms with Crippen molar-refractivity contribution in [3.8, 4) is 6.07 Å². The Bertz CT molecular complexity index is 419. The van der Waals surface area contributed by atoms with Crippen LogP contribution in [-0.4, -0.2) is 12.7 Å². The van der Waals surface area contributed by atoms with Crippen molar-refractivity contribution in [2.24, 2.45) is 5.92 Å². The molecule has 0 radical (unpaired) electrons. The van der Waals surface area contributed by atoms with Gasteiger partial charge in [-0.1, -0.05) is 6.07 Å². The van der Waals surface area contributed by atoms with E-state index in [1.807, 2.05) is 0 Å². The van der Waals surface area contributed by atoms with Crippen LogP contribution in [0.5, 0.6) is 0 Å². The van der Waals surface area contributed by atoms with E-state index >= 15 is 0 Å². The van der Waals surface area contributed by atoms with Crippen molar-refractivity contribution in [3.63, 3.8) is 0 Å². The molecule has 0 aliphatic rings. The molecule has 1 aromatic carbocycles. The van der Waals surface area contributed by atoms with Crippen LogP contribution in [0.4, 0.5) is 23.2 Å². The lowest BCUT2D eigenvalue weighted by Crippen LogP contribution is -2.28. The molecule has 2 nitrogen and oxygen atoms in total. The predicted octanol–water partition coefficient (Wildman–Crippen LogP) is 3.70. The third-order valence-electron chi connectivity index (χ3n) is 2.00. The van der Waals surface area contributed by atoms with Gasteiger partial charge in [-0.25, -0.2) is 4.39 Å². The molecule has 0 aromatic heterocycles. The van der Waals surface area contributed by atoms with Gasteiger partial charge in [0.15, 0.2) is 5.92 Å². The summed E-state index contributed by atoms with van der Waals surface area (Å²) in [5.74, 6) is -2.85. The topological polar surface area (TPSA) is 35.8 Å². The van der Waals surface area contributed by atoms with Crippen LogP contribution in [0.15, 0.2) is 22.7 Å². The third kappa shape index (κ3) is 3.60. The minimum atomic E-state index is -4.63. The molecule has 1 atom stereocenters. The van der Waals surface area contributed by atoms with Crippen LogP contribution in [0.2, 0.25) is 0 Å². The highest BCUT2D eigenvalue weighted by Crippen LogP contribution is 2.29. The normalized spacial score (nSPS) is 12.9. The van der Waals surface area contributed by atoms with Gasteiger partial charge < -0.3 is 5.32 Å². The van der Waals surface area contributed by atoms with E-state index in [0.717, 1.165) is 12.1 Å². The van der Waals surface area contributed by atoms with Gasteiger partial charge in [-0.05, 0) is 28.1 Å². The molecule has 1 unspecified atom stereocenters. The molecule has 0 amide bonds. The second-order valence-corrected chi connectivity index (χ2v) is 4.06. The van der Waals surface area contributed by atoms with E-state index in [1.165, 1.54) is 12.1 Å². The molecule has 0 aliphatic carbocycles. The number of alkyl halides is 3. The van der Waals surface area contributed by atoms with E-state index in [-0.39, 0.29) is 5.69 Å². The fourth-order valence-electron chi connectivity index (χ4n) is 1.11. The van der Waals surface area contributed by atoms with Crippen LogP contribution in [0, 0.1) is 23.1 Å². The van der Waals surface area contributed by atoms with Crippen LogP contribution in [0.3, 0.4) is 0 Å². The number of benzene rings is 1. The first-order chi connectivity index (χ1) is 7.86. The monoisotopic (exact) mass is 310 g/mol. The summed E-state index contributed by atoms with van der Waals surface area (Å²) < 4.78 is 50.3. The molecular weight excluding hydrogens is 304 g/mol. The summed E-state index contributed by atoms with van der Waals surface area (Å²) in [5.41, 5.74) is -0.0861. The van der Waals surface area contributed by atoms with Crippen LogP contribution in [-0.2, 0) is 0 Å². The van der Waals surface area contributed by atoms with E-state index in [2.05, 4.69) is 21.2 Å². The lowest BCUT2D eigenvalue weighted by atomic mass is 10.1. The molecule has 0 saturated heterocycles. The zero-order chi connectivity index (χ0) is 13.1. The minimum Gasteiger partial charge on any atom is -0.380 e. The summed E-state index contributed by atoms with van der Waals surface area (Å²) in [6, 6.07) is 5.14. The number of rotatable bonds is 3. The van der Waals surface area contributed by atoms with Crippen molar-refractivity contribution < 1.29 is 17.6 Å². The first-order valence-corrected chi connectivity index (χ1v) is 5.29. The highest BCUT2D eigenvalue weighted by Gasteiger charge is 2.39. The maximum Gasteiger partial charge on any atom is 0.406 e. The Hall–Kier alpha value is -1.29. The summed E-state index contributed by atoms with van der Waals surface area (Å²) in [7, 11) is 0. The first kappa shape index (κ1) is 13.8. The van der Waals surface area contributed by atoms with Gasteiger partial charge in [0.25, 0.3) is 0 Å². The zero-order valence-electron chi connectivity index (χ0n) is 8.35. The number of hydrogen-bond donors (Lipinski definition) is 1. The Morgan fingerprint density at radius 3 is 2.53 bits per heavy atom. The van der Waals surface area contributed by atoms with Gasteiger partial charge in [-0.2, -0.15) is 18.4 Å². The van der Waals surface area contributed by atoms with Gasteiger partial charge in [0.05, 0.1) is 11.8 Å². The molecule has 0 aliphatic heterocycles. The first-order valence-electron chi connectivity index (χ1n) is 4.50. The number of nitriles is 1. The lowest BCUT2D eigenvalue weighted by molar-refractivity contribution is -0.155. The average Bonchev–Trinajstić information content (AvgIpc) is 2.20. The van der Waals surface area contributed by atoms with Crippen LogP contribution in [0.1, 0.15) is 0 Å². The van der Waals surface area contributed by atoms with Crippen LogP contribution in [0.25, 0.3) is 0 Å². The van der Waals surface area contributed by atoms with Gasteiger partial charge >= 0.3 is 6.18 Å². The van der Waals surface area contributed by atoms with Crippen molar-refractivity contribution >= 4 is 21.6 Å². The largest absolute Gasteiger partial charge is 0.406 e. The molecule has 1 N–H and O–H groups in total. The van der Waals surface area contributed by atoms with Gasteiger partial charge in [0, 0.05) is 11.0 Å². The number of nitrogens with one attached hydrogen (secondary N) is 1. The summed E-state index contributed by atoms with van der Waals surface area (Å²) in [4.78, 5) is 0. The molecule has 0 spiro atoms. The molecule has 7 heteroatoms. The Kier molecular flexibility index (Phi) is 4.34. The molecule has 17 heavy (non-hydrogen) atoms. The van der Waals surface area contributed by atoms with Crippen LogP contribution >= 0.6 is 15.9 Å². The summed E-state index contributed by atoms with van der Waals surface area (Å²) in [6.45, 7) is -0.695.